The smallest absolute Gasteiger partial charge is 0.146 e. The van der Waals surface area contributed by atoms with E-state index in [2.05, 4.69) is 26.0 Å². The minimum atomic E-state index is 0.519. The van der Waals surface area contributed by atoms with E-state index in [-0.39, 0.29) is 0 Å². The summed E-state index contributed by atoms with van der Waals surface area (Å²) in [7, 11) is 0. The fraction of sp³-hybridized carbons (Fsp3) is 0.250. The largest absolute Gasteiger partial charge is 0.456 e. The zero-order valence-corrected chi connectivity index (χ0v) is 11.9. The maximum absolute atomic E-state index is 6.08. The van der Waals surface area contributed by atoms with Gasteiger partial charge >= 0.3 is 0 Å². The van der Waals surface area contributed by atoms with E-state index in [0.29, 0.717) is 22.4 Å². The fourth-order valence-electron chi connectivity index (χ4n) is 1.83. The zero-order valence-electron chi connectivity index (χ0n) is 11.2. The molecule has 0 unspecified atom stereocenters. The molecule has 2 rings (SSSR count). The molecule has 0 aliphatic rings. The van der Waals surface area contributed by atoms with Gasteiger partial charge in [0.25, 0.3) is 0 Å². The van der Waals surface area contributed by atoms with E-state index in [9.17, 15) is 0 Å². The Balaban J connectivity index is 2.15. The van der Waals surface area contributed by atoms with E-state index in [1.54, 1.807) is 18.2 Å². The van der Waals surface area contributed by atoms with Crippen molar-refractivity contribution in [1.29, 1.82) is 0 Å². The Kier molecular flexibility index (Phi) is 4.33. The van der Waals surface area contributed by atoms with Crippen molar-refractivity contribution in [2.24, 2.45) is 0 Å². The second kappa shape index (κ2) is 5.98. The summed E-state index contributed by atoms with van der Waals surface area (Å²) in [6.45, 7) is 4.40. The van der Waals surface area contributed by atoms with Crippen LogP contribution in [0.3, 0.4) is 0 Å². The summed E-state index contributed by atoms with van der Waals surface area (Å²) in [6.07, 6.45) is 1.13. The van der Waals surface area contributed by atoms with Crippen LogP contribution in [0.15, 0.2) is 42.5 Å². The Hall–Kier alpha value is -1.67. The molecule has 0 saturated heterocycles. The third kappa shape index (κ3) is 3.42. The highest BCUT2D eigenvalue weighted by Crippen LogP contribution is 2.31. The van der Waals surface area contributed by atoms with Crippen molar-refractivity contribution in [3.8, 4) is 11.5 Å². The average Bonchev–Trinajstić information content (AvgIpc) is 2.42. The summed E-state index contributed by atoms with van der Waals surface area (Å²) in [5.41, 5.74) is 7.60. The average molecular weight is 276 g/mol. The molecule has 0 radical (unpaired) electrons. The lowest BCUT2D eigenvalue weighted by atomic mass is 9.99. The quantitative estimate of drug-likeness (QED) is 0.776. The lowest BCUT2D eigenvalue weighted by Crippen LogP contribution is -1.92. The van der Waals surface area contributed by atoms with Gasteiger partial charge in [-0.05, 0) is 48.2 Å². The summed E-state index contributed by atoms with van der Waals surface area (Å²) in [5.74, 6) is 1.96. The van der Waals surface area contributed by atoms with Gasteiger partial charge in [0.1, 0.15) is 11.5 Å². The monoisotopic (exact) mass is 275 g/mol. The van der Waals surface area contributed by atoms with Gasteiger partial charge in [0.05, 0.1) is 5.02 Å². The van der Waals surface area contributed by atoms with Crippen LogP contribution in [0.2, 0.25) is 5.02 Å². The van der Waals surface area contributed by atoms with Crippen LogP contribution in [0.5, 0.6) is 11.5 Å². The van der Waals surface area contributed by atoms with E-state index < -0.39 is 0 Å². The highest BCUT2D eigenvalue weighted by atomic mass is 35.5. The van der Waals surface area contributed by atoms with Crippen molar-refractivity contribution in [1.82, 2.24) is 0 Å². The first-order chi connectivity index (χ1) is 9.10. The van der Waals surface area contributed by atoms with E-state index in [4.69, 9.17) is 22.1 Å². The second-order valence-corrected chi connectivity index (χ2v) is 5.08. The third-order valence-electron chi connectivity index (χ3n) is 3.25. The molecule has 0 saturated carbocycles. The van der Waals surface area contributed by atoms with Gasteiger partial charge in [-0.25, -0.2) is 0 Å². The number of nitrogen functional groups attached to an aromatic ring is 1. The van der Waals surface area contributed by atoms with E-state index in [1.807, 2.05) is 12.1 Å². The highest BCUT2D eigenvalue weighted by Gasteiger charge is 2.05. The summed E-state index contributed by atoms with van der Waals surface area (Å²) in [6, 6.07) is 13.4. The van der Waals surface area contributed by atoms with Crippen LogP contribution in [0.4, 0.5) is 5.69 Å². The number of anilines is 1. The summed E-state index contributed by atoms with van der Waals surface area (Å²) >= 11 is 6.08. The fourth-order valence-corrected chi connectivity index (χ4v) is 2.05. The normalized spacial score (nSPS) is 12.2. The predicted molar refractivity (Wildman–Crippen MR) is 81.1 cm³/mol. The molecule has 0 aliphatic carbocycles. The predicted octanol–water partition coefficient (Wildman–Crippen LogP) is 5.23. The van der Waals surface area contributed by atoms with Gasteiger partial charge in [0, 0.05) is 5.69 Å². The molecule has 19 heavy (non-hydrogen) atoms. The van der Waals surface area contributed by atoms with Crippen molar-refractivity contribution < 1.29 is 4.74 Å². The van der Waals surface area contributed by atoms with E-state index >= 15 is 0 Å². The maximum Gasteiger partial charge on any atom is 0.146 e. The van der Waals surface area contributed by atoms with Crippen molar-refractivity contribution in [2.75, 3.05) is 5.73 Å². The molecule has 1 atom stereocenters. The first-order valence-electron chi connectivity index (χ1n) is 6.43. The van der Waals surface area contributed by atoms with Crippen molar-refractivity contribution >= 4 is 17.3 Å². The van der Waals surface area contributed by atoms with Gasteiger partial charge in [-0.1, -0.05) is 37.6 Å². The van der Waals surface area contributed by atoms with Gasteiger partial charge in [0.2, 0.25) is 0 Å². The third-order valence-corrected chi connectivity index (χ3v) is 3.54. The van der Waals surface area contributed by atoms with Gasteiger partial charge in [-0.3, -0.25) is 0 Å². The van der Waals surface area contributed by atoms with Gasteiger partial charge in [-0.2, -0.15) is 0 Å². The van der Waals surface area contributed by atoms with Gasteiger partial charge in [0.15, 0.2) is 0 Å². The Morgan fingerprint density at radius 3 is 2.42 bits per heavy atom. The Bertz CT molecular complexity index is 551. The molecule has 0 aromatic heterocycles. The number of benzene rings is 2. The number of halogens is 1. The molecular weight excluding hydrogens is 258 g/mol. The molecule has 0 bridgehead atoms. The highest BCUT2D eigenvalue weighted by molar-refractivity contribution is 6.32. The number of rotatable bonds is 4. The van der Waals surface area contributed by atoms with Crippen LogP contribution in [-0.4, -0.2) is 0 Å². The van der Waals surface area contributed by atoms with Crippen LogP contribution in [0, 0.1) is 0 Å². The maximum atomic E-state index is 6.08. The molecule has 0 aliphatic heterocycles. The van der Waals surface area contributed by atoms with Gasteiger partial charge in [-0.15, -0.1) is 0 Å². The number of hydrogen-bond donors (Lipinski definition) is 1. The lowest BCUT2D eigenvalue weighted by molar-refractivity contribution is 0.482. The molecule has 2 N–H and O–H groups in total. The number of ether oxygens (including phenoxy) is 1. The molecule has 0 amide bonds. The van der Waals surface area contributed by atoms with Crippen LogP contribution in [0.1, 0.15) is 31.7 Å². The molecular formula is C16H18ClNO. The number of nitrogens with two attached hydrogens (primary N) is 1. The van der Waals surface area contributed by atoms with Crippen LogP contribution < -0.4 is 10.5 Å². The topological polar surface area (TPSA) is 35.2 Å². The van der Waals surface area contributed by atoms with Crippen molar-refractivity contribution in [2.45, 2.75) is 26.2 Å². The first-order valence-corrected chi connectivity index (χ1v) is 6.80. The van der Waals surface area contributed by atoms with Crippen LogP contribution in [0.25, 0.3) is 0 Å². The SMILES string of the molecule is CC[C@@H](C)c1ccc(Oc2ccc(N)cc2Cl)cc1. The Morgan fingerprint density at radius 2 is 1.84 bits per heavy atom. The van der Waals surface area contributed by atoms with E-state index in [0.717, 1.165) is 12.2 Å². The molecule has 100 valence electrons. The van der Waals surface area contributed by atoms with Crippen LogP contribution in [-0.2, 0) is 0 Å². The summed E-state index contributed by atoms with van der Waals surface area (Å²) in [5, 5.41) is 0.519. The first kappa shape index (κ1) is 13.8. The minimum Gasteiger partial charge on any atom is -0.456 e. The molecule has 2 aromatic carbocycles. The second-order valence-electron chi connectivity index (χ2n) is 4.67. The van der Waals surface area contributed by atoms with Gasteiger partial charge < -0.3 is 10.5 Å². The minimum absolute atomic E-state index is 0.519. The molecule has 3 heteroatoms. The molecule has 2 aromatic rings. The zero-order chi connectivity index (χ0) is 13.8. The Labute approximate surface area is 119 Å². The molecule has 0 spiro atoms. The summed E-state index contributed by atoms with van der Waals surface area (Å²) in [4.78, 5) is 0. The summed E-state index contributed by atoms with van der Waals surface area (Å²) < 4.78 is 5.75. The van der Waals surface area contributed by atoms with Crippen LogP contribution >= 0.6 is 11.6 Å². The molecule has 2 nitrogen and oxygen atoms in total. The van der Waals surface area contributed by atoms with Crippen molar-refractivity contribution in [3.63, 3.8) is 0 Å². The standard InChI is InChI=1S/C16H18ClNO/c1-3-11(2)12-4-7-14(8-5-12)19-16-9-6-13(18)10-15(16)17/h4-11H,3,18H2,1-2H3/t11-/m1/s1. The van der Waals surface area contributed by atoms with Crippen molar-refractivity contribution in [3.05, 3.63) is 53.1 Å². The molecule has 0 heterocycles. The Morgan fingerprint density at radius 1 is 1.16 bits per heavy atom. The van der Waals surface area contributed by atoms with E-state index in [1.165, 1.54) is 5.56 Å². The lowest BCUT2D eigenvalue weighted by Gasteiger charge is -2.11. The molecule has 0 fully saturated rings. The number of hydrogen-bond acceptors (Lipinski definition) is 2.